The van der Waals surface area contributed by atoms with Crippen molar-refractivity contribution in [1.82, 2.24) is 10.3 Å². The van der Waals surface area contributed by atoms with Crippen LogP contribution in [-0.2, 0) is 6.42 Å². The second-order valence-corrected chi connectivity index (χ2v) is 4.75. The number of aromatic nitrogens is 1. The summed E-state index contributed by atoms with van der Waals surface area (Å²) in [6, 6.07) is 11.2. The Morgan fingerprint density at radius 1 is 1.32 bits per heavy atom. The molecule has 1 aliphatic carbocycles. The van der Waals surface area contributed by atoms with Crippen LogP contribution in [0.25, 0.3) is 0 Å². The molecule has 1 aromatic heterocycles. The number of amides is 1. The largest absolute Gasteiger partial charge is 0.351 e. The van der Waals surface area contributed by atoms with Crippen LogP contribution in [0.2, 0.25) is 0 Å². The minimum Gasteiger partial charge on any atom is -0.351 e. The van der Waals surface area contributed by atoms with Crippen molar-refractivity contribution in [3.63, 3.8) is 0 Å². The lowest BCUT2D eigenvalue weighted by Crippen LogP contribution is -2.33. The molecule has 1 aromatic carbocycles. The van der Waals surface area contributed by atoms with E-state index >= 15 is 0 Å². The Kier molecular flexibility index (Phi) is 2.91. The monoisotopic (exact) mass is 254 g/mol. The van der Waals surface area contributed by atoms with E-state index in [9.17, 15) is 9.59 Å². The zero-order valence-corrected chi connectivity index (χ0v) is 10.3. The highest BCUT2D eigenvalue weighted by atomic mass is 16.2. The number of pyridine rings is 1. The summed E-state index contributed by atoms with van der Waals surface area (Å²) in [5.74, 6) is 0.192. The Morgan fingerprint density at radius 2 is 2.16 bits per heavy atom. The van der Waals surface area contributed by atoms with Gasteiger partial charge >= 0.3 is 0 Å². The Morgan fingerprint density at radius 3 is 2.95 bits per heavy atom. The van der Waals surface area contributed by atoms with Gasteiger partial charge in [-0.3, -0.25) is 9.59 Å². The standard InChI is InChI=1S/C15H14N2O2/c18-14-8-11(5-6-16-14)15(19)17-9-12-7-10-3-1-2-4-13(10)12/h1-6,8,12H,7,9H2,(H,16,18)(H,17,19). The molecule has 1 heterocycles. The van der Waals surface area contributed by atoms with Gasteiger partial charge in [0.1, 0.15) is 0 Å². The van der Waals surface area contributed by atoms with Crippen LogP contribution in [-0.4, -0.2) is 17.4 Å². The highest BCUT2D eigenvalue weighted by Gasteiger charge is 2.25. The molecule has 96 valence electrons. The topological polar surface area (TPSA) is 62.0 Å². The van der Waals surface area contributed by atoms with Crippen LogP contribution in [0, 0.1) is 0 Å². The first kappa shape index (κ1) is 11.7. The van der Waals surface area contributed by atoms with Gasteiger partial charge in [-0.15, -0.1) is 0 Å². The van der Waals surface area contributed by atoms with E-state index in [4.69, 9.17) is 0 Å². The first-order valence-corrected chi connectivity index (χ1v) is 6.29. The third-order valence-electron chi connectivity index (χ3n) is 3.51. The molecular weight excluding hydrogens is 240 g/mol. The maximum absolute atomic E-state index is 11.9. The van der Waals surface area contributed by atoms with Crippen LogP contribution < -0.4 is 10.9 Å². The average molecular weight is 254 g/mol. The molecule has 0 spiro atoms. The van der Waals surface area contributed by atoms with Crippen molar-refractivity contribution in [2.45, 2.75) is 12.3 Å². The van der Waals surface area contributed by atoms with Gasteiger partial charge in [0.05, 0.1) is 0 Å². The number of hydrogen-bond acceptors (Lipinski definition) is 2. The van der Waals surface area contributed by atoms with Crippen molar-refractivity contribution in [1.29, 1.82) is 0 Å². The maximum Gasteiger partial charge on any atom is 0.251 e. The Hall–Kier alpha value is -2.36. The van der Waals surface area contributed by atoms with Gasteiger partial charge in [-0.1, -0.05) is 24.3 Å². The van der Waals surface area contributed by atoms with Crippen LogP contribution >= 0.6 is 0 Å². The van der Waals surface area contributed by atoms with E-state index in [-0.39, 0.29) is 11.5 Å². The zero-order chi connectivity index (χ0) is 13.2. The molecule has 0 fully saturated rings. The molecule has 2 aromatic rings. The number of carbonyl (C=O) groups is 1. The van der Waals surface area contributed by atoms with Gasteiger partial charge in [0.2, 0.25) is 5.56 Å². The number of hydrogen-bond donors (Lipinski definition) is 2. The van der Waals surface area contributed by atoms with E-state index in [0.29, 0.717) is 18.0 Å². The number of rotatable bonds is 3. The lowest BCUT2D eigenvalue weighted by Gasteiger charge is -2.30. The number of aromatic amines is 1. The Bertz CT molecular complexity index is 676. The lowest BCUT2D eigenvalue weighted by molar-refractivity contribution is 0.0950. The summed E-state index contributed by atoms with van der Waals surface area (Å²) in [5, 5.41) is 2.88. The second kappa shape index (κ2) is 4.72. The van der Waals surface area contributed by atoms with Crippen LogP contribution in [0.5, 0.6) is 0 Å². The zero-order valence-electron chi connectivity index (χ0n) is 10.3. The summed E-state index contributed by atoms with van der Waals surface area (Å²) in [6.07, 6.45) is 2.49. The van der Waals surface area contributed by atoms with Crippen LogP contribution in [0.15, 0.2) is 47.4 Å². The van der Waals surface area contributed by atoms with E-state index in [0.717, 1.165) is 6.42 Å². The summed E-state index contributed by atoms with van der Waals surface area (Å²) in [7, 11) is 0. The Balaban J connectivity index is 1.62. The summed E-state index contributed by atoms with van der Waals surface area (Å²) in [5.41, 5.74) is 2.81. The van der Waals surface area contributed by atoms with E-state index in [1.54, 1.807) is 6.07 Å². The quantitative estimate of drug-likeness (QED) is 0.870. The van der Waals surface area contributed by atoms with Gasteiger partial charge in [-0.2, -0.15) is 0 Å². The minimum atomic E-state index is -0.262. The molecule has 2 N–H and O–H groups in total. The highest BCUT2D eigenvalue weighted by Crippen LogP contribution is 2.33. The van der Waals surface area contributed by atoms with E-state index < -0.39 is 0 Å². The number of benzene rings is 1. The van der Waals surface area contributed by atoms with Gasteiger partial charge in [-0.05, 0) is 23.6 Å². The van der Waals surface area contributed by atoms with Crippen LogP contribution in [0.1, 0.15) is 27.4 Å². The molecule has 0 bridgehead atoms. The van der Waals surface area contributed by atoms with Gasteiger partial charge in [0, 0.05) is 30.3 Å². The van der Waals surface area contributed by atoms with Gasteiger partial charge in [-0.25, -0.2) is 0 Å². The number of nitrogens with one attached hydrogen (secondary N) is 2. The molecule has 4 heteroatoms. The van der Waals surface area contributed by atoms with Crippen LogP contribution in [0.3, 0.4) is 0 Å². The maximum atomic E-state index is 11.9. The molecule has 0 saturated carbocycles. The normalized spacial score (nSPS) is 16.3. The third kappa shape index (κ3) is 2.29. The summed E-state index contributed by atoms with van der Waals surface area (Å²) < 4.78 is 0. The molecule has 1 amide bonds. The van der Waals surface area contributed by atoms with Gasteiger partial charge < -0.3 is 10.3 Å². The predicted octanol–water partition coefficient (Wildman–Crippen LogP) is 1.44. The number of fused-ring (bicyclic) bond motifs is 1. The summed E-state index contributed by atoms with van der Waals surface area (Å²) in [4.78, 5) is 25.5. The van der Waals surface area contributed by atoms with Gasteiger partial charge in [0.15, 0.2) is 0 Å². The SMILES string of the molecule is O=C(NCC1Cc2ccccc21)c1cc[nH]c(=O)c1. The molecule has 0 saturated heterocycles. The summed E-state index contributed by atoms with van der Waals surface area (Å²) in [6.45, 7) is 0.614. The van der Waals surface area contributed by atoms with Gasteiger partial charge in [0.25, 0.3) is 5.91 Å². The first-order chi connectivity index (χ1) is 9.24. The molecule has 0 aliphatic heterocycles. The molecule has 1 atom stereocenters. The Labute approximate surface area is 110 Å². The van der Waals surface area contributed by atoms with Crippen molar-refractivity contribution in [3.8, 4) is 0 Å². The van der Waals surface area contributed by atoms with Crippen molar-refractivity contribution in [2.24, 2.45) is 0 Å². The van der Waals surface area contributed by atoms with E-state index in [1.807, 2.05) is 12.1 Å². The highest BCUT2D eigenvalue weighted by molar-refractivity contribution is 5.94. The third-order valence-corrected chi connectivity index (χ3v) is 3.51. The first-order valence-electron chi connectivity index (χ1n) is 6.29. The van der Waals surface area contributed by atoms with Crippen molar-refractivity contribution in [2.75, 3.05) is 6.54 Å². The van der Waals surface area contributed by atoms with Crippen molar-refractivity contribution >= 4 is 5.91 Å². The fourth-order valence-electron chi connectivity index (χ4n) is 2.45. The predicted molar refractivity (Wildman–Crippen MR) is 72.3 cm³/mol. The summed E-state index contributed by atoms with van der Waals surface area (Å²) >= 11 is 0. The fourth-order valence-corrected chi connectivity index (χ4v) is 2.45. The minimum absolute atomic E-state index is 0.199. The molecule has 19 heavy (non-hydrogen) atoms. The molecule has 3 rings (SSSR count). The smallest absolute Gasteiger partial charge is 0.251 e. The fraction of sp³-hybridized carbons (Fsp3) is 0.200. The number of H-pyrrole nitrogens is 1. The second-order valence-electron chi connectivity index (χ2n) is 4.75. The lowest BCUT2D eigenvalue weighted by atomic mass is 9.77. The number of carbonyl (C=O) groups excluding carboxylic acids is 1. The van der Waals surface area contributed by atoms with E-state index in [2.05, 4.69) is 22.4 Å². The van der Waals surface area contributed by atoms with Crippen LogP contribution in [0.4, 0.5) is 0 Å². The van der Waals surface area contributed by atoms with Crippen molar-refractivity contribution < 1.29 is 4.79 Å². The molecule has 1 unspecified atom stereocenters. The van der Waals surface area contributed by atoms with Crippen molar-refractivity contribution in [3.05, 3.63) is 69.6 Å². The molecule has 0 radical (unpaired) electrons. The average Bonchev–Trinajstić information content (AvgIpc) is 2.39. The molecule has 4 nitrogen and oxygen atoms in total. The molecular formula is C15H14N2O2. The van der Waals surface area contributed by atoms with E-state index in [1.165, 1.54) is 23.4 Å². The molecule has 1 aliphatic rings.